The van der Waals surface area contributed by atoms with Gasteiger partial charge in [0.2, 0.25) is 0 Å². The first-order valence-corrected chi connectivity index (χ1v) is 5.15. The molecule has 0 radical (unpaired) electrons. The molecule has 0 N–H and O–H groups in total. The van der Waals surface area contributed by atoms with Crippen LogP contribution in [0.3, 0.4) is 0 Å². The molecule has 0 aliphatic rings. The molecule has 0 saturated heterocycles. The van der Waals surface area contributed by atoms with Crippen molar-refractivity contribution in [2.75, 3.05) is 0 Å². The van der Waals surface area contributed by atoms with Gasteiger partial charge in [0.15, 0.2) is 0 Å². The fourth-order valence-electron chi connectivity index (χ4n) is 1.44. The zero-order chi connectivity index (χ0) is 11.1. The summed E-state index contributed by atoms with van der Waals surface area (Å²) in [6.07, 6.45) is 0. The van der Waals surface area contributed by atoms with Gasteiger partial charge in [0, 0.05) is 4.47 Å². The Bertz CT molecular complexity index is 513. The second-order valence-corrected chi connectivity index (χ2v) is 4.24. The van der Waals surface area contributed by atoms with Crippen LogP contribution in [0.5, 0.6) is 0 Å². The second kappa shape index (κ2) is 5.54. The van der Waals surface area contributed by atoms with Gasteiger partial charge in [-0.15, -0.1) is 5.46 Å². The number of hydrogen-bond donors (Lipinski definition) is 0. The van der Waals surface area contributed by atoms with Gasteiger partial charge in [0.1, 0.15) is 0 Å². The van der Waals surface area contributed by atoms with Crippen LogP contribution in [0.2, 0.25) is 0 Å². The van der Waals surface area contributed by atoms with E-state index in [1.165, 1.54) is 12.1 Å². The van der Waals surface area contributed by atoms with Gasteiger partial charge in [0.05, 0.1) is 0 Å². The Balaban J connectivity index is 0.00000128. The van der Waals surface area contributed by atoms with Gasteiger partial charge >= 0.3 is 58.4 Å². The van der Waals surface area contributed by atoms with Crippen molar-refractivity contribution in [2.45, 2.75) is 0 Å². The molecule has 6 heteroatoms. The van der Waals surface area contributed by atoms with Crippen molar-refractivity contribution in [3.8, 4) is 0 Å². The molecule has 0 nitrogen and oxygen atoms in total. The molecule has 2 rings (SSSR count). The molecule has 0 aliphatic heterocycles. The molecule has 16 heavy (non-hydrogen) atoms. The van der Waals surface area contributed by atoms with Gasteiger partial charge < -0.3 is 12.9 Å². The van der Waals surface area contributed by atoms with Crippen molar-refractivity contribution in [3.63, 3.8) is 0 Å². The van der Waals surface area contributed by atoms with Crippen LogP contribution < -0.4 is 56.8 Å². The van der Waals surface area contributed by atoms with Crippen molar-refractivity contribution >= 4 is 39.1 Å². The molecule has 0 aliphatic carbocycles. The molecule has 0 atom stereocenters. The minimum Gasteiger partial charge on any atom is -0.445 e. The fourth-order valence-corrected chi connectivity index (χ4v) is 1.82. The molecule has 0 heterocycles. The molecule has 0 aromatic heterocycles. The van der Waals surface area contributed by atoms with Crippen molar-refractivity contribution in [3.05, 3.63) is 40.9 Å². The summed E-state index contributed by atoms with van der Waals surface area (Å²) in [6, 6.07) is 9.07. The molecule has 2 aromatic rings. The molecule has 0 amide bonds. The maximum absolute atomic E-state index is 12.5. The van der Waals surface area contributed by atoms with Crippen LogP contribution in [0.25, 0.3) is 10.8 Å². The fraction of sp³-hybridized carbons (Fsp3) is 0. The SMILES string of the molecule is F[B-](F)(F)c1ccc2ccc(Br)cc2c1.[K+]. The number of fused-ring (bicyclic) bond motifs is 1. The van der Waals surface area contributed by atoms with E-state index in [0.29, 0.717) is 5.39 Å². The third kappa shape index (κ3) is 3.34. The van der Waals surface area contributed by atoms with E-state index in [-0.39, 0.29) is 51.4 Å². The van der Waals surface area contributed by atoms with Crippen LogP contribution in [0.1, 0.15) is 0 Å². The third-order valence-corrected chi connectivity index (χ3v) is 2.70. The van der Waals surface area contributed by atoms with Gasteiger partial charge in [-0.2, -0.15) is 0 Å². The monoisotopic (exact) mass is 312 g/mol. The van der Waals surface area contributed by atoms with Crippen molar-refractivity contribution in [2.24, 2.45) is 0 Å². The largest absolute Gasteiger partial charge is 1.00 e. The third-order valence-electron chi connectivity index (χ3n) is 2.20. The van der Waals surface area contributed by atoms with E-state index in [0.717, 1.165) is 15.9 Å². The van der Waals surface area contributed by atoms with Gasteiger partial charge in [-0.05, 0) is 22.9 Å². The summed E-state index contributed by atoms with van der Waals surface area (Å²) < 4.78 is 38.2. The molecule has 0 unspecified atom stereocenters. The zero-order valence-electron chi connectivity index (χ0n) is 8.55. The topological polar surface area (TPSA) is 0 Å². The molecule has 0 spiro atoms. The normalized spacial score (nSPS) is 11.2. The first-order chi connectivity index (χ1) is 6.97. The second-order valence-electron chi connectivity index (χ2n) is 3.33. The number of rotatable bonds is 1. The van der Waals surface area contributed by atoms with E-state index in [1.54, 1.807) is 18.2 Å². The average Bonchev–Trinajstić information content (AvgIpc) is 2.15. The Morgan fingerprint density at radius 3 is 2.12 bits per heavy atom. The first kappa shape index (κ1) is 14.7. The smallest absolute Gasteiger partial charge is 0.445 e. The minimum absolute atomic E-state index is 0. The summed E-state index contributed by atoms with van der Waals surface area (Å²) >= 11 is 3.23. The molecule has 2 aromatic carbocycles. The number of benzene rings is 2. The van der Waals surface area contributed by atoms with Crippen LogP contribution in [0.4, 0.5) is 12.9 Å². The number of hydrogen-bond acceptors (Lipinski definition) is 0. The Kier molecular flexibility index (Phi) is 5.10. The Hall–Kier alpha value is 0.671. The Morgan fingerprint density at radius 2 is 1.50 bits per heavy atom. The Morgan fingerprint density at radius 1 is 0.875 bits per heavy atom. The molecular weight excluding hydrogens is 307 g/mol. The van der Waals surface area contributed by atoms with Gasteiger partial charge in [-0.1, -0.05) is 40.2 Å². The quantitative estimate of drug-likeness (QED) is 0.679. The molecule has 0 fully saturated rings. The van der Waals surface area contributed by atoms with Crippen molar-refractivity contribution in [1.29, 1.82) is 0 Å². The summed E-state index contributed by atoms with van der Waals surface area (Å²) in [5.41, 5.74) is -0.555. The van der Waals surface area contributed by atoms with E-state index >= 15 is 0 Å². The average molecular weight is 313 g/mol. The van der Waals surface area contributed by atoms with Gasteiger partial charge in [0.25, 0.3) is 0 Å². The van der Waals surface area contributed by atoms with Crippen LogP contribution in [-0.2, 0) is 0 Å². The van der Waals surface area contributed by atoms with E-state index < -0.39 is 12.4 Å². The van der Waals surface area contributed by atoms with Crippen molar-refractivity contribution < 1.29 is 64.3 Å². The van der Waals surface area contributed by atoms with Crippen LogP contribution in [-0.4, -0.2) is 6.98 Å². The summed E-state index contributed by atoms with van der Waals surface area (Å²) in [6.45, 7) is -4.91. The maximum atomic E-state index is 12.5. The van der Waals surface area contributed by atoms with E-state index in [4.69, 9.17) is 0 Å². The van der Waals surface area contributed by atoms with Gasteiger partial charge in [-0.3, -0.25) is 0 Å². The van der Waals surface area contributed by atoms with Gasteiger partial charge in [-0.25, -0.2) is 0 Å². The summed E-state index contributed by atoms with van der Waals surface area (Å²) in [5, 5.41) is 1.41. The first-order valence-electron chi connectivity index (χ1n) is 4.36. The molecule has 0 bridgehead atoms. The van der Waals surface area contributed by atoms with Crippen molar-refractivity contribution in [1.82, 2.24) is 0 Å². The summed E-state index contributed by atoms with van der Waals surface area (Å²) in [5.74, 6) is 0. The predicted molar refractivity (Wildman–Crippen MR) is 60.4 cm³/mol. The minimum atomic E-state index is -4.91. The Labute approximate surface area is 142 Å². The van der Waals surface area contributed by atoms with E-state index in [2.05, 4.69) is 15.9 Å². The van der Waals surface area contributed by atoms with Crippen LogP contribution in [0, 0.1) is 0 Å². The maximum Gasteiger partial charge on any atom is 1.00 e. The molecule has 78 valence electrons. The van der Waals surface area contributed by atoms with E-state index in [1.807, 2.05) is 0 Å². The predicted octanol–water partition coefficient (Wildman–Crippen LogP) is 0.661. The van der Waals surface area contributed by atoms with E-state index in [9.17, 15) is 12.9 Å². The van der Waals surface area contributed by atoms with Crippen LogP contribution >= 0.6 is 15.9 Å². The molecule has 0 saturated carbocycles. The molecular formula is C10H6BBrF3K. The zero-order valence-corrected chi connectivity index (χ0v) is 13.3. The summed E-state index contributed by atoms with van der Waals surface area (Å²) in [7, 11) is 0. The summed E-state index contributed by atoms with van der Waals surface area (Å²) in [4.78, 5) is 0. The standard InChI is InChI=1S/C10H6BBrF3.K/c12-10-4-2-7-1-3-9(11(13,14)15)5-8(7)6-10;/h1-6H;/q-1;+1. The van der Waals surface area contributed by atoms with Crippen LogP contribution in [0.15, 0.2) is 40.9 Å². The number of halogens is 4.